The van der Waals surface area contributed by atoms with Gasteiger partial charge in [-0.15, -0.1) is 0 Å². The third-order valence-corrected chi connectivity index (χ3v) is 11.2. The molecule has 2 saturated heterocycles. The van der Waals surface area contributed by atoms with E-state index in [9.17, 15) is 58.5 Å². The van der Waals surface area contributed by atoms with Gasteiger partial charge >= 0.3 is 5.97 Å². The first-order valence-electron chi connectivity index (χ1n) is 20.7. The van der Waals surface area contributed by atoms with Crippen LogP contribution in [-0.4, -0.2) is 134 Å². The van der Waals surface area contributed by atoms with Crippen molar-refractivity contribution in [3.63, 3.8) is 0 Å². The van der Waals surface area contributed by atoms with Crippen molar-refractivity contribution in [1.82, 2.24) is 31.1 Å². The molecular weight excluding hydrogens is 823 g/mol. The molecule has 2 aromatic carbocycles. The van der Waals surface area contributed by atoms with Crippen molar-refractivity contribution >= 4 is 53.2 Å². The topological polar surface area (TPSA) is 347 Å². The average Bonchev–Trinajstić information content (AvgIpc) is 3.94. The fourth-order valence-corrected chi connectivity index (χ4v) is 7.59. The highest BCUT2D eigenvalue weighted by atomic mass is 16.4. The van der Waals surface area contributed by atoms with Gasteiger partial charge in [0.2, 0.25) is 47.3 Å². The minimum Gasteiger partial charge on any atom is -0.508 e. The van der Waals surface area contributed by atoms with E-state index in [1.54, 1.807) is 13.8 Å². The lowest BCUT2D eigenvalue weighted by Crippen LogP contribution is -2.60. The molecule has 0 aliphatic carbocycles. The third-order valence-electron chi connectivity index (χ3n) is 11.2. The third kappa shape index (κ3) is 13.6. The van der Waals surface area contributed by atoms with E-state index in [0.29, 0.717) is 30.4 Å². The Balaban J connectivity index is 1.54. The number of carboxylic acid groups (broad SMARTS) is 1. The van der Waals surface area contributed by atoms with Crippen LogP contribution in [0.1, 0.15) is 69.9 Å². The van der Waals surface area contributed by atoms with E-state index in [0.717, 1.165) is 4.90 Å². The Bertz CT molecular complexity index is 2010. The summed E-state index contributed by atoms with van der Waals surface area (Å²) in [5.41, 5.74) is 17.5. The Labute approximate surface area is 363 Å². The average molecular weight is 880 g/mol. The number of nitrogens with one attached hydrogen (secondary N) is 4. The second-order valence-electron chi connectivity index (χ2n) is 16.0. The number of carboxylic acids is 1. The minimum absolute atomic E-state index is 0.0200. The maximum atomic E-state index is 14.2. The fourth-order valence-electron chi connectivity index (χ4n) is 7.59. The van der Waals surface area contributed by atoms with E-state index >= 15 is 0 Å². The first kappa shape index (κ1) is 48.9. The Hall–Kier alpha value is -6.77. The van der Waals surface area contributed by atoms with E-state index in [1.165, 1.54) is 53.4 Å². The van der Waals surface area contributed by atoms with Crippen LogP contribution in [0.3, 0.4) is 0 Å². The summed E-state index contributed by atoms with van der Waals surface area (Å²) in [6.07, 6.45) is 0.00748. The number of benzene rings is 2. The molecule has 0 radical (unpaired) electrons. The SMILES string of the molecule is CC[C@H](C)[C@H](NC(=O)[C@@H](N)CC(N)=O)C(=O)N1CCC[C@H]1C(=O)N[C@@H](Cc1ccc(O)cc1)C(=O)N[C@@H](CC(N)=O)C(=O)N1CCC[C@H]1C(=O)N[C@@H](Cc1ccc(O)cc1)C(=O)O. The summed E-state index contributed by atoms with van der Waals surface area (Å²) >= 11 is 0. The lowest BCUT2D eigenvalue weighted by atomic mass is 9.96. The number of carbonyl (C=O) groups excluding carboxylic acids is 8. The van der Waals surface area contributed by atoms with E-state index in [4.69, 9.17) is 17.2 Å². The molecule has 0 saturated carbocycles. The van der Waals surface area contributed by atoms with Gasteiger partial charge in [-0.2, -0.15) is 0 Å². The van der Waals surface area contributed by atoms with Gasteiger partial charge in [0.15, 0.2) is 0 Å². The van der Waals surface area contributed by atoms with Crippen molar-refractivity contribution in [3.8, 4) is 11.5 Å². The number of amides is 8. The number of phenolic OH excluding ortho intramolecular Hbond substituents is 2. The molecule has 8 atom stereocenters. The van der Waals surface area contributed by atoms with E-state index in [2.05, 4.69) is 21.3 Å². The minimum atomic E-state index is -1.62. The molecule has 21 heteroatoms. The van der Waals surface area contributed by atoms with Gasteiger partial charge in [0.25, 0.3) is 0 Å². The zero-order valence-electron chi connectivity index (χ0n) is 35.2. The number of aromatic hydroxyl groups is 2. The van der Waals surface area contributed by atoms with Crippen molar-refractivity contribution in [2.45, 2.75) is 114 Å². The van der Waals surface area contributed by atoms with Crippen LogP contribution in [0.2, 0.25) is 0 Å². The number of hydrogen-bond donors (Lipinski definition) is 10. The summed E-state index contributed by atoms with van der Waals surface area (Å²) in [6, 6.07) is 2.28. The molecule has 4 rings (SSSR count). The van der Waals surface area contributed by atoms with Gasteiger partial charge in [0.1, 0.15) is 47.8 Å². The summed E-state index contributed by atoms with van der Waals surface area (Å²) in [7, 11) is 0. The van der Waals surface area contributed by atoms with Crippen molar-refractivity contribution in [2.75, 3.05) is 13.1 Å². The van der Waals surface area contributed by atoms with Gasteiger partial charge in [-0.25, -0.2) is 4.79 Å². The first-order valence-corrected chi connectivity index (χ1v) is 20.7. The second kappa shape index (κ2) is 22.4. The highest BCUT2D eigenvalue weighted by molar-refractivity contribution is 5.99. The lowest BCUT2D eigenvalue weighted by Gasteiger charge is -2.33. The van der Waals surface area contributed by atoms with E-state index in [-0.39, 0.29) is 50.3 Å². The molecule has 0 aromatic heterocycles. The molecule has 13 N–H and O–H groups in total. The zero-order chi connectivity index (χ0) is 46.5. The number of phenols is 2. The van der Waals surface area contributed by atoms with Crippen LogP contribution < -0.4 is 38.5 Å². The summed E-state index contributed by atoms with van der Waals surface area (Å²) in [5.74, 6) is -8.36. The molecule has 63 heavy (non-hydrogen) atoms. The Morgan fingerprint density at radius 3 is 1.57 bits per heavy atom. The molecule has 0 spiro atoms. The van der Waals surface area contributed by atoms with Crippen LogP contribution >= 0.6 is 0 Å². The molecule has 0 bridgehead atoms. The van der Waals surface area contributed by atoms with Crippen molar-refractivity contribution in [3.05, 3.63) is 59.7 Å². The van der Waals surface area contributed by atoms with Gasteiger partial charge in [0.05, 0.1) is 18.9 Å². The quantitative estimate of drug-likeness (QED) is 0.0651. The molecule has 21 nitrogen and oxygen atoms in total. The largest absolute Gasteiger partial charge is 0.508 e. The Kier molecular flexibility index (Phi) is 17.4. The zero-order valence-corrected chi connectivity index (χ0v) is 35.2. The summed E-state index contributed by atoms with van der Waals surface area (Å²) in [4.78, 5) is 121. The summed E-state index contributed by atoms with van der Waals surface area (Å²) in [6.45, 7) is 3.67. The number of hydrogen-bond acceptors (Lipinski definition) is 12. The highest BCUT2D eigenvalue weighted by Crippen LogP contribution is 2.24. The molecule has 2 aliphatic heterocycles. The van der Waals surface area contributed by atoms with E-state index < -0.39 is 114 Å². The van der Waals surface area contributed by atoms with Crippen molar-refractivity contribution in [1.29, 1.82) is 0 Å². The van der Waals surface area contributed by atoms with E-state index in [1.807, 2.05) is 0 Å². The van der Waals surface area contributed by atoms with Crippen LogP contribution in [0.4, 0.5) is 0 Å². The highest BCUT2D eigenvalue weighted by Gasteiger charge is 2.43. The molecule has 342 valence electrons. The predicted molar refractivity (Wildman–Crippen MR) is 224 cm³/mol. The number of aliphatic carboxylic acids is 1. The van der Waals surface area contributed by atoms with Crippen LogP contribution in [0.25, 0.3) is 0 Å². The van der Waals surface area contributed by atoms with Gasteiger partial charge < -0.3 is 63.6 Å². The number of rotatable bonds is 21. The smallest absolute Gasteiger partial charge is 0.326 e. The van der Waals surface area contributed by atoms with Crippen molar-refractivity contribution in [2.24, 2.45) is 23.1 Å². The van der Waals surface area contributed by atoms with Crippen LogP contribution in [-0.2, 0) is 56.0 Å². The second-order valence-corrected chi connectivity index (χ2v) is 16.0. The number of nitrogens with two attached hydrogens (primary N) is 3. The summed E-state index contributed by atoms with van der Waals surface area (Å²) in [5, 5.41) is 39.6. The lowest BCUT2D eigenvalue weighted by molar-refractivity contribution is -0.145. The standard InChI is InChI=1S/C42H57N9O12/c1-3-22(2)35(49-36(56)27(43)20-33(44)54)41(61)51-17-5-7-32(51)38(58)46-28(18-23-8-12-25(52)13-9-23)37(57)47-29(21-34(45)55)40(60)50-16-4-6-31(50)39(59)48-30(42(62)63)19-24-10-14-26(53)15-11-24/h8-15,22,27-32,35,52-53H,3-7,16-21,43H2,1-2H3,(H2,44,54)(H2,45,55)(H,46,58)(H,47,57)(H,48,59)(H,49,56)(H,62,63)/t22-,27-,28-,29-,30-,31-,32-,35-/m0/s1. The number of carbonyl (C=O) groups is 9. The molecular formula is C42H57N9O12. The Morgan fingerprint density at radius 2 is 1.11 bits per heavy atom. The maximum Gasteiger partial charge on any atom is 0.326 e. The van der Waals surface area contributed by atoms with Gasteiger partial charge in [0, 0.05) is 25.9 Å². The maximum absolute atomic E-state index is 14.2. The normalized spacial score (nSPS) is 18.8. The van der Waals surface area contributed by atoms with Crippen LogP contribution in [0, 0.1) is 5.92 Å². The Morgan fingerprint density at radius 1 is 0.651 bits per heavy atom. The number of likely N-dealkylation sites (tertiary alicyclic amines) is 2. The monoisotopic (exact) mass is 879 g/mol. The molecule has 0 unspecified atom stereocenters. The van der Waals surface area contributed by atoms with Gasteiger partial charge in [-0.1, -0.05) is 44.5 Å². The molecule has 8 amide bonds. The van der Waals surface area contributed by atoms with Crippen LogP contribution in [0.5, 0.6) is 11.5 Å². The molecule has 2 aromatic rings. The van der Waals surface area contributed by atoms with Gasteiger partial charge in [-0.3, -0.25) is 38.4 Å². The number of primary amides is 2. The molecule has 2 fully saturated rings. The molecule has 2 aliphatic rings. The first-order chi connectivity index (χ1) is 29.8. The van der Waals surface area contributed by atoms with Crippen molar-refractivity contribution < 1.29 is 58.5 Å². The predicted octanol–water partition coefficient (Wildman–Crippen LogP) is -1.99. The van der Waals surface area contributed by atoms with Gasteiger partial charge in [-0.05, 0) is 67.0 Å². The fraction of sp³-hybridized carbons (Fsp3) is 0.500. The number of nitrogens with zero attached hydrogens (tertiary/aromatic N) is 2. The van der Waals surface area contributed by atoms with Crippen LogP contribution in [0.15, 0.2) is 48.5 Å². The molecule has 2 heterocycles. The summed E-state index contributed by atoms with van der Waals surface area (Å²) < 4.78 is 0.